The lowest BCUT2D eigenvalue weighted by Gasteiger charge is -2.22. The Kier molecular flexibility index (Phi) is 4.01. The van der Waals surface area contributed by atoms with Crippen molar-refractivity contribution >= 4 is 34.2 Å². The molecule has 1 aliphatic rings. The minimum absolute atomic E-state index is 0.328. The van der Waals surface area contributed by atoms with Crippen molar-refractivity contribution in [1.82, 2.24) is 0 Å². The van der Waals surface area contributed by atoms with Crippen LogP contribution in [0.1, 0.15) is 20.7 Å². The third-order valence-electron chi connectivity index (χ3n) is 3.80. The number of carbonyl (C=O) groups is 2. The smallest absolute Gasteiger partial charge is 0.234 e. The third-order valence-corrected chi connectivity index (χ3v) is 4.83. The molecule has 0 atom stereocenters. The van der Waals surface area contributed by atoms with Gasteiger partial charge in [-0.25, -0.2) is 0 Å². The van der Waals surface area contributed by atoms with Gasteiger partial charge in [0.25, 0.3) is 0 Å². The van der Waals surface area contributed by atoms with E-state index < -0.39 is 11.6 Å². The Labute approximate surface area is 146 Å². The summed E-state index contributed by atoms with van der Waals surface area (Å²) in [5.74, 6) is 0.391. The average Bonchev–Trinajstić information content (AvgIpc) is 2.58. The van der Waals surface area contributed by atoms with Gasteiger partial charge in [0, 0.05) is 16.7 Å². The maximum absolute atomic E-state index is 12.5. The third kappa shape index (κ3) is 2.28. The van der Waals surface area contributed by atoms with Gasteiger partial charge >= 0.3 is 0 Å². The van der Waals surface area contributed by atoms with Crippen molar-refractivity contribution in [3.8, 4) is 28.4 Å². The van der Waals surface area contributed by atoms with E-state index in [4.69, 9.17) is 14.2 Å². The molecule has 0 radical (unpaired) electrons. The van der Waals surface area contributed by atoms with Crippen LogP contribution in [0.5, 0.6) is 17.2 Å². The summed E-state index contributed by atoms with van der Waals surface area (Å²) >= 11 is 2.10. The number of hydrogen-bond acceptors (Lipinski definition) is 5. The predicted molar refractivity (Wildman–Crippen MR) is 92.9 cm³/mol. The Morgan fingerprint density at radius 3 is 2.13 bits per heavy atom. The lowest BCUT2D eigenvalue weighted by atomic mass is 9.83. The topological polar surface area (TPSA) is 61.8 Å². The monoisotopic (exact) mass is 424 g/mol. The number of carbonyl (C=O) groups excluding carboxylic acids is 2. The molecule has 23 heavy (non-hydrogen) atoms. The molecule has 0 bridgehead atoms. The number of hydrogen-bond donors (Lipinski definition) is 0. The summed E-state index contributed by atoms with van der Waals surface area (Å²) < 4.78 is 16.6. The molecular formula is C17H13IO5. The lowest BCUT2D eigenvalue weighted by Crippen LogP contribution is -2.22. The Morgan fingerprint density at radius 2 is 1.52 bits per heavy atom. The minimum atomic E-state index is -0.556. The molecule has 0 heterocycles. The summed E-state index contributed by atoms with van der Waals surface area (Å²) in [6, 6.07) is 6.69. The van der Waals surface area contributed by atoms with Crippen LogP contribution in [0.4, 0.5) is 0 Å². The second-order valence-electron chi connectivity index (χ2n) is 4.92. The van der Waals surface area contributed by atoms with E-state index in [9.17, 15) is 9.59 Å². The Balaban J connectivity index is 2.39. The van der Waals surface area contributed by atoms with Crippen LogP contribution in [0.2, 0.25) is 0 Å². The van der Waals surface area contributed by atoms with Gasteiger partial charge in [-0.05, 0) is 52.4 Å². The zero-order valence-electron chi connectivity index (χ0n) is 12.7. The van der Waals surface area contributed by atoms with Gasteiger partial charge in [0.1, 0.15) is 5.75 Å². The first-order valence-corrected chi connectivity index (χ1v) is 7.83. The van der Waals surface area contributed by atoms with Gasteiger partial charge in [-0.3, -0.25) is 9.59 Å². The summed E-state index contributed by atoms with van der Waals surface area (Å²) in [5.41, 5.74) is 2.04. The molecule has 6 heteroatoms. The molecule has 0 spiro atoms. The van der Waals surface area contributed by atoms with Crippen LogP contribution in [0, 0.1) is 3.57 Å². The van der Waals surface area contributed by atoms with Gasteiger partial charge in [-0.2, -0.15) is 0 Å². The highest BCUT2D eigenvalue weighted by Gasteiger charge is 2.34. The van der Waals surface area contributed by atoms with Crippen LogP contribution in [-0.2, 0) is 0 Å². The zero-order valence-corrected chi connectivity index (χ0v) is 14.9. The van der Waals surface area contributed by atoms with E-state index >= 15 is 0 Å². The molecular weight excluding hydrogens is 411 g/mol. The molecule has 0 fully saturated rings. The van der Waals surface area contributed by atoms with Crippen LogP contribution in [0.15, 0.2) is 24.3 Å². The SMILES string of the molecule is COc1ccc2c(c1)C(=O)C(=O)c1cc(OC)c(OC)c(I)c1-2. The first-order valence-electron chi connectivity index (χ1n) is 6.75. The fourth-order valence-corrected chi connectivity index (χ4v) is 3.76. The van der Waals surface area contributed by atoms with Gasteiger partial charge in [-0.15, -0.1) is 0 Å². The highest BCUT2D eigenvalue weighted by atomic mass is 127. The lowest BCUT2D eigenvalue weighted by molar-refractivity contribution is 0.0815. The molecule has 0 saturated carbocycles. The van der Waals surface area contributed by atoms with E-state index in [0.29, 0.717) is 39.5 Å². The van der Waals surface area contributed by atoms with Gasteiger partial charge in [0.15, 0.2) is 11.5 Å². The van der Waals surface area contributed by atoms with Crippen LogP contribution < -0.4 is 14.2 Å². The fraction of sp³-hybridized carbons (Fsp3) is 0.176. The molecule has 0 N–H and O–H groups in total. The van der Waals surface area contributed by atoms with E-state index in [1.165, 1.54) is 21.3 Å². The first-order chi connectivity index (χ1) is 11.0. The number of Topliss-reactive ketones (excluding diaryl/α,β-unsaturated/α-hetero) is 2. The number of methoxy groups -OCH3 is 3. The van der Waals surface area contributed by atoms with Crippen molar-refractivity contribution in [2.24, 2.45) is 0 Å². The maximum atomic E-state index is 12.5. The average molecular weight is 424 g/mol. The Bertz CT molecular complexity index is 841. The molecule has 3 rings (SSSR count). The zero-order chi connectivity index (χ0) is 16.7. The maximum Gasteiger partial charge on any atom is 0.234 e. The minimum Gasteiger partial charge on any atom is -0.497 e. The molecule has 2 aromatic carbocycles. The van der Waals surface area contributed by atoms with E-state index in [2.05, 4.69) is 22.6 Å². The number of ketones is 2. The summed E-state index contributed by atoms with van der Waals surface area (Å²) in [5, 5.41) is 0. The first kappa shape index (κ1) is 15.8. The number of benzene rings is 2. The second kappa shape index (κ2) is 5.84. The van der Waals surface area contributed by atoms with E-state index in [1.54, 1.807) is 24.3 Å². The largest absolute Gasteiger partial charge is 0.497 e. The van der Waals surface area contributed by atoms with E-state index in [-0.39, 0.29) is 0 Å². The van der Waals surface area contributed by atoms with Crippen molar-refractivity contribution in [2.45, 2.75) is 0 Å². The summed E-state index contributed by atoms with van der Waals surface area (Å²) in [6.07, 6.45) is 0. The van der Waals surface area contributed by atoms with E-state index in [1.807, 2.05) is 0 Å². The Hall–Kier alpha value is -2.09. The molecule has 2 aromatic rings. The fourth-order valence-electron chi connectivity index (χ4n) is 2.69. The van der Waals surface area contributed by atoms with Crippen molar-refractivity contribution in [1.29, 1.82) is 0 Å². The van der Waals surface area contributed by atoms with Gasteiger partial charge in [-0.1, -0.05) is 0 Å². The summed E-state index contributed by atoms with van der Waals surface area (Å²) in [7, 11) is 4.55. The van der Waals surface area contributed by atoms with Crippen molar-refractivity contribution < 1.29 is 23.8 Å². The number of ether oxygens (including phenoxy) is 3. The predicted octanol–water partition coefficient (Wildman–Crippen LogP) is 3.36. The number of fused-ring (bicyclic) bond motifs is 3. The normalized spacial score (nSPS) is 12.5. The molecule has 0 saturated heterocycles. The van der Waals surface area contributed by atoms with E-state index in [0.717, 1.165) is 3.57 Å². The molecule has 5 nitrogen and oxygen atoms in total. The number of halogens is 1. The molecule has 118 valence electrons. The van der Waals surface area contributed by atoms with Crippen LogP contribution in [0.3, 0.4) is 0 Å². The van der Waals surface area contributed by atoms with Crippen molar-refractivity contribution in [2.75, 3.05) is 21.3 Å². The van der Waals surface area contributed by atoms with Crippen LogP contribution in [0.25, 0.3) is 11.1 Å². The van der Waals surface area contributed by atoms with Crippen LogP contribution >= 0.6 is 22.6 Å². The van der Waals surface area contributed by atoms with Gasteiger partial charge in [0.05, 0.1) is 24.9 Å². The molecule has 0 amide bonds. The summed E-state index contributed by atoms with van der Waals surface area (Å²) in [6.45, 7) is 0. The van der Waals surface area contributed by atoms with Crippen molar-refractivity contribution in [3.63, 3.8) is 0 Å². The standard InChI is InChI=1S/C17H13IO5/c1-21-8-4-5-9-10(6-8)15(19)16(20)11-7-12(22-2)17(23-3)14(18)13(9)11/h4-7H,1-3H3. The highest BCUT2D eigenvalue weighted by molar-refractivity contribution is 14.1. The molecule has 0 aliphatic heterocycles. The quantitative estimate of drug-likeness (QED) is 0.559. The number of rotatable bonds is 3. The highest BCUT2D eigenvalue weighted by Crippen LogP contribution is 2.45. The van der Waals surface area contributed by atoms with Crippen LogP contribution in [-0.4, -0.2) is 32.9 Å². The summed E-state index contributed by atoms with van der Waals surface area (Å²) in [4.78, 5) is 24.9. The van der Waals surface area contributed by atoms with Crippen molar-refractivity contribution in [3.05, 3.63) is 39.0 Å². The second-order valence-corrected chi connectivity index (χ2v) is 6.00. The molecule has 0 aromatic heterocycles. The molecule has 1 aliphatic carbocycles. The Morgan fingerprint density at radius 1 is 0.826 bits per heavy atom. The van der Waals surface area contributed by atoms with Gasteiger partial charge < -0.3 is 14.2 Å². The molecule has 0 unspecified atom stereocenters. The van der Waals surface area contributed by atoms with Gasteiger partial charge in [0.2, 0.25) is 11.6 Å².